The first-order valence-corrected chi connectivity index (χ1v) is 7.52. The Kier molecular flexibility index (Phi) is 6.64. The van der Waals surface area contributed by atoms with Gasteiger partial charge in [-0.1, -0.05) is 54.8 Å². The minimum Gasteiger partial charge on any atom is -0.497 e. The lowest BCUT2D eigenvalue weighted by molar-refractivity contribution is 0.367. The highest BCUT2D eigenvalue weighted by Crippen LogP contribution is 2.24. The normalized spacial score (nSPS) is 14.4. The number of benzene rings is 1. The summed E-state index contributed by atoms with van der Waals surface area (Å²) in [4.78, 5) is 0. The highest BCUT2D eigenvalue weighted by Gasteiger charge is 2.15. The minimum absolute atomic E-state index is 0.725. The Balaban J connectivity index is 2.60. The molecule has 0 aliphatic carbocycles. The number of hydrogen-bond acceptors (Lipinski definition) is 1. The van der Waals surface area contributed by atoms with Gasteiger partial charge in [0.1, 0.15) is 5.75 Å². The van der Waals surface area contributed by atoms with Gasteiger partial charge in [-0.25, -0.2) is 0 Å². The molecule has 1 nitrogen and oxygen atoms in total. The van der Waals surface area contributed by atoms with Crippen molar-refractivity contribution in [3.63, 3.8) is 0 Å². The monoisotopic (exact) mass is 298 g/mol. The Labute approximate surface area is 114 Å². The van der Waals surface area contributed by atoms with E-state index in [0.717, 1.165) is 29.3 Å². The Morgan fingerprint density at radius 1 is 1.24 bits per heavy atom. The molecule has 0 aliphatic heterocycles. The van der Waals surface area contributed by atoms with Gasteiger partial charge in [0.25, 0.3) is 0 Å². The zero-order valence-corrected chi connectivity index (χ0v) is 12.7. The first-order chi connectivity index (χ1) is 8.21. The molecule has 2 unspecified atom stereocenters. The SMILES string of the molecule is CCCC(C)C(CBr)Cc1ccc(OC)cc1. The third-order valence-corrected chi connectivity index (χ3v) is 4.24. The second-order valence-corrected chi connectivity index (χ2v) is 5.38. The van der Waals surface area contributed by atoms with E-state index < -0.39 is 0 Å². The maximum absolute atomic E-state index is 5.18. The fourth-order valence-electron chi connectivity index (χ4n) is 2.16. The molecule has 0 amide bonds. The molecule has 17 heavy (non-hydrogen) atoms. The van der Waals surface area contributed by atoms with Crippen molar-refractivity contribution in [1.82, 2.24) is 0 Å². The first-order valence-electron chi connectivity index (χ1n) is 6.40. The van der Waals surface area contributed by atoms with Crippen molar-refractivity contribution in [1.29, 1.82) is 0 Å². The van der Waals surface area contributed by atoms with Crippen molar-refractivity contribution >= 4 is 15.9 Å². The van der Waals surface area contributed by atoms with E-state index in [4.69, 9.17) is 4.74 Å². The Bertz CT molecular complexity index is 307. The van der Waals surface area contributed by atoms with Gasteiger partial charge in [-0.15, -0.1) is 0 Å². The third kappa shape index (κ3) is 4.71. The van der Waals surface area contributed by atoms with Crippen LogP contribution >= 0.6 is 15.9 Å². The summed E-state index contributed by atoms with van der Waals surface area (Å²) in [5.74, 6) is 2.44. The molecule has 0 fully saturated rings. The highest BCUT2D eigenvalue weighted by molar-refractivity contribution is 9.09. The van der Waals surface area contributed by atoms with Gasteiger partial charge in [-0.3, -0.25) is 0 Å². The van der Waals surface area contributed by atoms with Crippen molar-refractivity contribution in [2.45, 2.75) is 33.1 Å². The van der Waals surface area contributed by atoms with Gasteiger partial charge in [-0.2, -0.15) is 0 Å². The summed E-state index contributed by atoms with van der Waals surface area (Å²) in [5, 5.41) is 1.08. The Morgan fingerprint density at radius 3 is 2.35 bits per heavy atom. The van der Waals surface area contributed by atoms with E-state index in [1.54, 1.807) is 7.11 Å². The number of hydrogen-bond donors (Lipinski definition) is 0. The molecule has 0 radical (unpaired) electrons. The number of rotatable bonds is 7. The van der Waals surface area contributed by atoms with Gasteiger partial charge in [0, 0.05) is 5.33 Å². The smallest absolute Gasteiger partial charge is 0.118 e. The molecule has 0 aromatic heterocycles. The van der Waals surface area contributed by atoms with Gasteiger partial charge >= 0.3 is 0 Å². The average molecular weight is 299 g/mol. The van der Waals surface area contributed by atoms with Crippen LogP contribution in [0, 0.1) is 11.8 Å². The van der Waals surface area contributed by atoms with E-state index in [-0.39, 0.29) is 0 Å². The molecular formula is C15H23BrO. The largest absolute Gasteiger partial charge is 0.497 e. The standard InChI is InChI=1S/C15H23BrO/c1-4-5-12(2)14(11-16)10-13-6-8-15(17-3)9-7-13/h6-9,12,14H,4-5,10-11H2,1-3H3. The van der Waals surface area contributed by atoms with Crippen molar-refractivity contribution in [2.75, 3.05) is 12.4 Å². The molecule has 1 aromatic carbocycles. The predicted molar refractivity (Wildman–Crippen MR) is 78.1 cm³/mol. The average Bonchev–Trinajstić information content (AvgIpc) is 2.37. The lowest BCUT2D eigenvalue weighted by Gasteiger charge is -2.21. The van der Waals surface area contributed by atoms with Crippen LogP contribution in [0.15, 0.2) is 24.3 Å². The molecular weight excluding hydrogens is 276 g/mol. The molecule has 0 spiro atoms. The summed E-state index contributed by atoms with van der Waals surface area (Å²) in [5.41, 5.74) is 1.40. The zero-order valence-electron chi connectivity index (χ0n) is 11.1. The van der Waals surface area contributed by atoms with Crippen molar-refractivity contribution in [2.24, 2.45) is 11.8 Å². The summed E-state index contributed by atoms with van der Waals surface area (Å²) in [6, 6.07) is 8.44. The van der Waals surface area contributed by atoms with Crippen molar-refractivity contribution in [3.8, 4) is 5.75 Å². The lowest BCUT2D eigenvalue weighted by atomic mass is 9.87. The highest BCUT2D eigenvalue weighted by atomic mass is 79.9. The minimum atomic E-state index is 0.725. The van der Waals surface area contributed by atoms with E-state index in [2.05, 4.69) is 41.9 Å². The molecule has 1 rings (SSSR count). The summed E-state index contributed by atoms with van der Waals surface area (Å²) in [6.45, 7) is 4.62. The number of ether oxygens (including phenoxy) is 1. The number of halogens is 1. The van der Waals surface area contributed by atoms with Crippen LogP contribution in [-0.2, 0) is 6.42 Å². The maximum Gasteiger partial charge on any atom is 0.118 e. The molecule has 96 valence electrons. The molecule has 0 saturated heterocycles. The fourth-order valence-corrected chi connectivity index (χ4v) is 3.03. The van der Waals surface area contributed by atoms with Crippen LogP contribution in [0.1, 0.15) is 32.3 Å². The summed E-state index contributed by atoms with van der Waals surface area (Å²) in [6.07, 6.45) is 3.73. The molecule has 0 bridgehead atoms. The molecule has 2 atom stereocenters. The van der Waals surface area contributed by atoms with Crippen molar-refractivity contribution in [3.05, 3.63) is 29.8 Å². The molecule has 1 aromatic rings. The topological polar surface area (TPSA) is 9.23 Å². The van der Waals surface area contributed by atoms with Crippen LogP contribution in [-0.4, -0.2) is 12.4 Å². The van der Waals surface area contributed by atoms with Gasteiger partial charge in [0.15, 0.2) is 0 Å². The molecule has 2 heteroatoms. The molecule has 0 heterocycles. The van der Waals surface area contributed by atoms with Crippen molar-refractivity contribution < 1.29 is 4.74 Å². The van der Waals surface area contributed by atoms with Crippen LogP contribution < -0.4 is 4.74 Å². The van der Waals surface area contributed by atoms with E-state index in [9.17, 15) is 0 Å². The first kappa shape index (κ1) is 14.6. The van der Waals surface area contributed by atoms with Crippen LogP contribution in [0.2, 0.25) is 0 Å². The van der Waals surface area contributed by atoms with Crippen LogP contribution in [0.5, 0.6) is 5.75 Å². The second kappa shape index (κ2) is 7.75. The predicted octanol–water partition coefficient (Wildman–Crippen LogP) is 4.69. The molecule has 0 N–H and O–H groups in total. The van der Waals surface area contributed by atoms with E-state index >= 15 is 0 Å². The van der Waals surface area contributed by atoms with Gasteiger partial charge in [0.05, 0.1) is 7.11 Å². The zero-order chi connectivity index (χ0) is 12.7. The summed E-state index contributed by atoms with van der Waals surface area (Å²) < 4.78 is 5.18. The third-order valence-electron chi connectivity index (χ3n) is 3.40. The number of alkyl halides is 1. The van der Waals surface area contributed by atoms with Gasteiger partial charge < -0.3 is 4.74 Å². The Morgan fingerprint density at radius 2 is 1.88 bits per heavy atom. The van der Waals surface area contributed by atoms with Gasteiger partial charge in [0.2, 0.25) is 0 Å². The van der Waals surface area contributed by atoms with Crippen LogP contribution in [0.25, 0.3) is 0 Å². The van der Waals surface area contributed by atoms with E-state index in [0.29, 0.717) is 0 Å². The van der Waals surface area contributed by atoms with Gasteiger partial charge in [-0.05, 0) is 36.0 Å². The summed E-state index contributed by atoms with van der Waals surface area (Å²) in [7, 11) is 1.71. The van der Waals surface area contributed by atoms with Crippen LogP contribution in [0.3, 0.4) is 0 Å². The lowest BCUT2D eigenvalue weighted by Crippen LogP contribution is -2.16. The quantitative estimate of drug-likeness (QED) is 0.664. The maximum atomic E-state index is 5.18. The fraction of sp³-hybridized carbons (Fsp3) is 0.600. The van der Waals surface area contributed by atoms with E-state index in [1.165, 1.54) is 18.4 Å². The molecule has 0 saturated carbocycles. The number of methoxy groups -OCH3 is 1. The summed E-state index contributed by atoms with van der Waals surface area (Å²) >= 11 is 3.65. The second-order valence-electron chi connectivity index (χ2n) is 4.73. The Hall–Kier alpha value is -0.500. The molecule has 0 aliphatic rings. The van der Waals surface area contributed by atoms with E-state index in [1.807, 2.05) is 12.1 Å². The van der Waals surface area contributed by atoms with Crippen LogP contribution in [0.4, 0.5) is 0 Å².